The van der Waals surface area contributed by atoms with Crippen molar-refractivity contribution in [2.24, 2.45) is 0 Å². The second-order valence-corrected chi connectivity index (χ2v) is 4.98. The van der Waals surface area contributed by atoms with Crippen LogP contribution in [0.1, 0.15) is 58.8 Å². The van der Waals surface area contributed by atoms with Gasteiger partial charge in [0, 0.05) is 6.42 Å². The summed E-state index contributed by atoms with van der Waals surface area (Å²) in [5.41, 5.74) is 4.30. The lowest BCUT2D eigenvalue weighted by Crippen LogP contribution is -1.81. The third-order valence-corrected chi connectivity index (χ3v) is 3.18. The molecule has 0 aromatic rings. The SMILES string of the molecule is C#CCCCCCCCC1=CC(=C(C)C)C=C1. The summed E-state index contributed by atoms with van der Waals surface area (Å²) >= 11 is 0. The van der Waals surface area contributed by atoms with E-state index in [9.17, 15) is 0 Å². The van der Waals surface area contributed by atoms with Gasteiger partial charge >= 0.3 is 0 Å². The Kier molecular flexibility index (Phi) is 6.48. The Morgan fingerprint density at radius 3 is 2.41 bits per heavy atom. The van der Waals surface area contributed by atoms with Gasteiger partial charge in [-0.3, -0.25) is 0 Å². The van der Waals surface area contributed by atoms with Crippen molar-refractivity contribution in [3.05, 3.63) is 34.9 Å². The highest BCUT2D eigenvalue weighted by atomic mass is 14.1. The van der Waals surface area contributed by atoms with E-state index in [1.165, 1.54) is 55.2 Å². The van der Waals surface area contributed by atoms with E-state index in [1.807, 2.05) is 0 Å². The molecule has 0 bridgehead atoms. The summed E-state index contributed by atoms with van der Waals surface area (Å²) in [7, 11) is 0. The fourth-order valence-electron chi connectivity index (χ4n) is 2.05. The highest BCUT2D eigenvalue weighted by Gasteiger charge is 2.03. The van der Waals surface area contributed by atoms with Crippen molar-refractivity contribution in [3.8, 4) is 12.3 Å². The molecule has 0 fully saturated rings. The first-order chi connectivity index (χ1) is 8.24. The Hall–Kier alpha value is -1.22. The molecule has 0 amide bonds. The van der Waals surface area contributed by atoms with E-state index >= 15 is 0 Å². The lowest BCUT2D eigenvalue weighted by molar-refractivity contribution is 0.621. The van der Waals surface area contributed by atoms with Crippen molar-refractivity contribution < 1.29 is 0 Å². The molecule has 0 radical (unpaired) electrons. The van der Waals surface area contributed by atoms with Gasteiger partial charge in [-0.1, -0.05) is 43.1 Å². The molecular formula is C17H24. The lowest BCUT2D eigenvalue weighted by Gasteiger charge is -2.00. The van der Waals surface area contributed by atoms with Gasteiger partial charge < -0.3 is 0 Å². The molecule has 0 N–H and O–H groups in total. The van der Waals surface area contributed by atoms with E-state index in [0.29, 0.717) is 0 Å². The maximum Gasteiger partial charge on any atom is 0.00860 e. The largest absolute Gasteiger partial charge is 0.120 e. The van der Waals surface area contributed by atoms with Crippen molar-refractivity contribution in [3.63, 3.8) is 0 Å². The van der Waals surface area contributed by atoms with Crippen LogP contribution in [-0.4, -0.2) is 0 Å². The zero-order valence-corrected chi connectivity index (χ0v) is 11.3. The topological polar surface area (TPSA) is 0 Å². The maximum absolute atomic E-state index is 5.22. The molecule has 0 unspecified atom stereocenters. The van der Waals surface area contributed by atoms with Crippen LogP contribution >= 0.6 is 0 Å². The first-order valence-electron chi connectivity index (χ1n) is 6.73. The van der Waals surface area contributed by atoms with Crippen LogP contribution in [0.25, 0.3) is 0 Å². The second kappa shape index (κ2) is 7.96. The standard InChI is InChI=1S/C17H24/c1-4-5-6-7-8-9-10-11-16-12-13-17(14-16)15(2)3/h1,12-14H,5-11H2,2-3H3. The first kappa shape index (κ1) is 13.8. The van der Waals surface area contributed by atoms with E-state index in [4.69, 9.17) is 6.42 Å². The number of hydrogen-bond donors (Lipinski definition) is 0. The summed E-state index contributed by atoms with van der Waals surface area (Å²) in [4.78, 5) is 0. The van der Waals surface area contributed by atoms with Crippen LogP contribution in [0, 0.1) is 12.3 Å². The van der Waals surface area contributed by atoms with Crippen molar-refractivity contribution in [2.45, 2.75) is 58.8 Å². The first-order valence-corrected chi connectivity index (χ1v) is 6.73. The smallest absolute Gasteiger partial charge is 0.00860 e. The molecule has 0 saturated carbocycles. The van der Waals surface area contributed by atoms with Gasteiger partial charge in [-0.25, -0.2) is 0 Å². The minimum Gasteiger partial charge on any atom is -0.120 e. The zero-order valence-electron chi connectivity index (χ0n) is 11.3. The average molecular weight is 228 g/mol. The van der Waals surface area contributed by atoms with Crippen LogP contribution in [0.5, 0.6) is 0 Å². The van der Waals surface area contributed by atoms with Crippen LogP contribution in [0.2, 0.25) is 0 Å². The minimum absolute atomic E-state index is 0.942. The zero-order chi connectivity index (χ0) is 12.5. The van der Waals surface area contributed by atoms with Gasteiger partial charge in [-0.05, 0) is 44.3 Å². The molecule has 0 aromatic heterocycles. The molecule has 0 heteroatoms. The van der Waals surface area contributed by atoms with E-state index in [1.54, 1.807) is 0 Å². The van der Waals surface area contributed by atoms with Gasteiger partial charge in [-0.2, -0.15) is 0 Å². The van der Waals surface area contributed by atoms with E-state index in [0.717, 1.165) is 6.42 Å². The molecule has 0 atom stereocenters. The quantitative estimate of drug-likeness (QED) is 0.416. The molecular weight excluding hydrogens is 204 g/mol. The van der Waals surface area contributed by atoms with Crippen molar-refractivity contribution in [2.75, 3.05) is 0 Å². The highest BCUT2D eigenvalue weighted by molar-refractivity contribution is 5.47. The summed E-state index contributed by atoms with van der Waals surface area (Å²) in [5.74, 6) is 2.70. The summed E-state index contributed by atoms with van der Waals surface area (Å²) in [6.45, 7) is 4.34. The minimum atomic E-state index is 0.942. The monoisotopic (exact) mass is 228 g/mol. The molecule has 0 saturated heterocycles. The van der Waals surface area contributed by atoms with Gasteiger partial charge in [0.05, 0.1) is 0 Å². The summed E-state index contributed by atoms with van der Waals surface area (Å²) in [6, 6.07) is 0. The molecule has 1 rings (SSSR count). The van der Waals surface area contributed by atoms with Gasteiger partial charge in [0.25, 0.3) is 0 Å². The fourth-order valence-corrected chi connectivity index (χ4v) is 2.05. The molecule has 1 aliphatic carbocycles. The van der Waals surface area contributed by atoms with Crippen LogP contribution in [0.15, 0.2) is 34.9 Å². The Balaban J connectivity index is 2.09. The number of hydrogen-bond acceptors (Lipinski definition) is 0. The number of allylic oxidation sites excluding steroid dienone is 6. The average Bonchev–Trinajstić information content (AvgIpc) is 2.77. The number of terminal acetylenes is 1. The third-order valence-electron chi connectivity index (χ3n) is 3.18. The van der Waals surface area contributed by atoms with E-state index in [2.05, 4.69) is 38.0 Å². The molecule has 0 aliphatic heterocycles. The van der Waals surface area contributed by atoms with Crippen LogP contribution in [-0.2, 0) is 0 Å². The van der Waals surface area contributed by atoms with Gasteiger partial charge in [0.15, 0.2) is 0 Å². The molecule has 0 aromatic carbocycles. The predicted molar refractivity (Wildman–Crippen MR) is 76.7 cm³/mol. The summed E-state index contributed by atoms with van der Waals surface area (Å²) in [6.07, 6.45) is 20.7. The molecule has 0 heterocycles. The second-order valence-electron chi connectivity index (χ2n) is 4.98. The Bertz CT molecular complexity index is 354. The Morgan fingerprint density at radius 1 is 1.06 bits per heavy atom. The van der Waals surface area contributed by atoms with Crippen molar-refractivity contribution in [1.29, 1.82) is 0 Å². The van der Waals surface area contributed by atoms with Gasteiger partial charge in [-0.15, -0.1) is 12.3 Å². The molecule has 92 valence electrons. The lowest BCUT2D eigenvalue weighted by atomic mass is 10.1. The third kappa shape index (κ3) is 5.59. The van der Waals surface area contributed by atoms with Crippen molar-refractivity contribution in [1.82, 2.24) is 0 Å². The van der Waals surface area contributed by atoms with Gasteiger partial charge in [0.2, 0.25) is 0 Å². The molecule has 0 nitrogen and oxygen atoms in total. The molecule has 17 heavy (non-hydrogen) atoms. The van der Waals surface area contributed by atoms with Crippen LogP contribution < -0.4 is 0 Å². The van der Waals surface area contributed by atoms with Crippen LogP contribution in [0.4, 0.5) is 0 Å². The Labute approximate surface area is 107 Å². The van der Waals surface area contributed by atoms with Crippen LogP contribution in [0.3, 0.4) is 0 Å². The van der Waals surface area contributed by atoms with Crippen molar-refractivity contribution >= 4 is 0 Å². The molecule has 0 spiro atoms. The molecule has 1 aliphatic rings. The maximum atomic E-state index is 5.22. The predicted octanol–water partition coefficient (Wildman–Crippen LogP) is 5.18. The van der Waals surface area contributed by atoms with E-state index < -0.39 is 0 Å². The number of unbranched alkanes of at least 4 members (excludes halogenated alkanes) is 5. The van der Waals surface area contributed by atoms with E-state index in [-0.39, 0.29) is 0 Å². The normalized spacial score (nSPS) is 13.7. The van der Waals surface area contributed by atoms with Gasteiger partial charge in [0.1, 0.15) is 0 Å². The summed E-state index contributed by atoms with van der Waals surface area (Å²) in [5, 5.41) is 0. The fraction of sp³-hybridized carbons (Fsp3) is 0.529. The Morgan fingerprint density at radius 2 is 1.76 bits per heavy atom. The summed E-state index contributed by atoms with van der Waals surface area (Å²) < 4.78 is 0. The number of rotatable bonds is 7. The highest BCUT2D eigenvalue weighted by Crippen LogP contribution is 2.22.